The zero-order valence-electron chi connectivity index (χ0n) is 28.6. The molecule has 0 atom stereocenters. The van der Waals surface area contributed by atoms with Gasteiger partial charge in [-0.1, -0.05) is 168 Å². The van der Waals surface area contributed by atoms with Crippen LogP contribution in [0, 0.1) is 0 Å². The molecular formula is C38H70N2O2. The van der Waals surface area contributed by atoms with Gasteiger partial charge in [-0.2, -0.15) is 0 Å². The van der Waals surface area contributed by atoms with E-state index < -0.39 is 0 Å². The van der Waals surface area contributed by atoms with Crippen molar-refractivity contribution in [2.75, 3.05) is 13.1 Å². The highest BCUT2D eigenvalue weighted by molar-refractivity contribution is 6.24. The average Bonchev–Trinajstić information content (AvgIpc) is 2.99. The summed E-state index contributed by atoms with van der Waals surface area (Å²) < 4.78 is 0. The molecule has 0 saturated carbocycles. The molecule has 2 N–H and O–H groups in total. The van der Waals surface area contributed by atoms with Crippen LogP contribution in [0.25, 0.3) is 0 Å². The maximum absolute atomic E-state index is 13.0. The Labute approximate surface area is 261 Å². The van der Waals surface area contributed by atoms with Crippen molar-refractivity contribution >= 4 is 11.6 Å². The van der Waals surface area contributed by atoms with E-state index in [-0.39, 0.29) is 11.6 Å². The van der Waals surface area contributed by atoms with Gasteiger partial charge >= 0.3 is 0 Å². The molecule has 0 spiro atoms. The topological polar surface area (TPSA) is 58.2 Å². The van der Waals surface area contributed by atoms with Gasteiger partial charge in [0.2, 0.25) is 11.6 Å². The number of Topliss-reactive ketones (excluding diaryl/α,β-unsaturated/α-hetero) is 2. The SMILES string of the molecule is CCCCCCCCCCCCCCCNC1=C(C)C(=O)C(NCCCCCCCCCCCCCCC)=C(C)C1=O. The predicted octanol–water partition coefficient (Wildman–Crippen LogP) is 11.0. The number of hydrogen-bond acceptors (Lipinski definition) is 4. The van der Waals surface area contributed by atoms with Crippen molar-refractivity contribution in [3.05, 3.63) is 22.5 Å². The van der Waals surface area contributed by atoms with E-state index in [4.69, 9.17) is 0 Å². The van der Waals surface area contributed by atoms with Gasteiger partial charge in [0.05, 0.1) is 11.4 Å². The molecule has 0 unspecified atom stereocenters. The zero-order valence-corrected chi connectivity index (χ0v) is 28.6. The van der Waals surface area contributed by atoms with Gasteiger partial charge < -0.3 is 10.6 Å². The monoisotopic (exact) mass is 587 g/mol. The summed E-state index contributed by atoms with van der Waals surface area (Å²) in [6.45, 7) is 9.67. The maximum Gasteiger partial charge on any atom is 0.207 e. The van der Waals surface area contributed by atoms with Crippen LogP contribution in [0.1, 0.15) is 195 Å². The Bertz CT molecular complexity index is 703. The predicted molar refractivity (Wildman–Crippen MR) is 183 cm³/mol. The molecule has 4 nitrogen and oxygen atoms in total. The van der Waals surface area contributed by atoms with Crippen LogP contribution in [-0.4, -0.2) is 24.7 Å². The fourth-order valence-corrected chi connectivity index (χ4v) is 6.08. The molecule has 42 heavy (non-hydrogen) atoms. The summed E-state index contributed by atoms with van der Waals surface area (Å²) in [6, 6.07) is 0. The van der Waals surface area contributed by atoms with Crippen LogP contribution < -0.4 is 10.6 Å². The minimum Gasteiger partial charge on any atom is -0.382 e. The number of rotatable bonds is 30. The Kier molecular flexibility index (Phi) is 24.7. The molecule has 4 heteroatoms. The first-order valence-electron chi connectivity index (χ1n) is 18.5. The van der Waals surface area contributed by atoms with E-state index >= 15 is 0 Å². The Hall–Kier alpha value is -1.58. The summed E-state index contributed by atoms with van der Waals surface area (Å²) in [5.41, 5.74) is 2.16. The molecule has 0 aromatic carbocycles. The second-order valence-corrected chi connectivity index (χ2v) is 13.0. The fraction of sp³-hybridized carbons (Fsp3) is 0.842. The van der Waals surface area contributed by atoms with E-state index in [2.05, 4.69) is 24.5 Å². The number of carbonyl (C=O) groups excluding carboxylic acids is 2. The van der Waals surface area contributed by atoms with Crippen LogP contribution >= 0.6 is 0 Å². The zero-order chi connectivity index (χ0) is 30.7. The van der Waals surface area contributed by atoms with Crippen molar-refractivity contribution in [3.8, 4) is 0 Å². The van der Waals surface area contributed by atoms with Crippen molar-refractivity contribution in [1.29, 1.82) is 0 Å². The standard InChI is InChI=1S/C38H70N2O2/c1-5-7-9-11-13-15-17-19-21-23-25-27-29-31-39-35-33(3)38(42)36(34(4)37(35)41)40-32-30-28-26-24-22-20-18-16-14-12-10-8-6-2/h39-40H,5-32H2,1-4H3. The molecule has 244 valence electrons. The second kappa shape index (κ2) is 27.0. The summed E-state index contributed by atoms with van der Waals surface area (Å²) in [4.78, 5) is 26.1. The normalized spacial score (nSPS) is 13.9. The molecule has 1 aliphatic rings. The Balaban J connectivity index is 2.10. The lowest BCUT2D eigenvalue weighted by molar-refractivity contribution is -0.117. The number of nitrogens with one attached hydrogen (secondary N) is 2. The van der Waals surface area contributed by atoms with Gasteiger partial charge in [-0.15, -0.1) is 0 Å². The maximum atomic E-state index is 13.0. The number of carbonyl (C=O) groups is 2. The Morgan fingerprint density at radius 2 is 0.571 bits per heavy atom. The highest BCUT2D eigenvalue weighted by Gasteiger charge is 2.29. The first-order chi connectivity index (χ1) is 20.5. The summed E-state index contributed by atoms with van der Waals surface area (Å²) >= 11 is 0. The molecule has 0 aliphatic heterocycles. The molecule has 0 heterocycles. The van der Waals surface area contributed by atoms with Gasteiger partial charge in [0.25, 0.3) is 0 Å². The van der Waals surface area contributed by atoms with Gasteiger partial charge in [0.1, 0.15) is 0 Å². The van der Waals surface area contributed by atoms with E-state index in [1.54, 1.807) is 13.8 Å². The van der Waals surface area contributed by atoms with Gasteiger partial charge in [0.15, 0.2) is 0 Å². The van der Waals surface area contributed by atoms with Crippen LogP contribution in [0.5, 0.6) is 0 Å². The molecule has 0 aromatic heterocycles. The summed E-state index contributed by atoms with van der Waals surface area (Å²) in [5, 5.41) is 6.62. The summed E-state index contributed by atoms with van der Waals surface area (Å²) in [7, 11) is 0. The Morgan fingerprint density at radius 3 is 0.810 bits per heavy atom. The second-order valence-electron chi connectivity index (χ2n) is 13.0. The molecule has 0 fully saturated rings. The van der Waals surface area contributed by atoms with Crippen molar-refractivity contribution in [2.45, 2.75) is 195 Å². The van der Waals surface area contributed by atoms with E-state index in [1.807, 2.05) is 0 Å². The molecule has 1 rings (SSSR count). The first-order valence-corrected chi connectivity index (χ1v) is 18.5. The van der Waals surface area contributed by atoms with Gasteiger partial charge in [0, 0.05) is 24.2 Å². The third-order valence-electron chi connectivity index (χ3n) is 9.05. The molecule has 0 radical (unpaired) electrons. The van der Waals surface area contributed by atoms with Crippen LogP contribution in [0.2, 0.25) is 0 Å². The van der Waals surface area contributed by atoms with Crippen LogP contribution in [0.4, 0.5) is 0 Å². The minimum absolute atomic E-state index is 0.0188. The highest BCUT2D eigenvalue weighted by Crippen LogP contribution is 2.22. The summed E-state index contributed by atoms with van der Waals surface area (Å²) in [5.74, 6) is -0.0377. The van der Waals surface area contributed by atoms with Gasteiger partial charge in [-0.25, -0.2) is 0 Å². The fourth-order valence-electron chi connectivity index (χ4n) is 6.08. The molecule has 0 bridgehead atoms. The number of ketones is 2. The minimum atomic E-state index is -0.0188. The van der Waals surface area contributed by atoms with Crippen molar-refractivity contribution in [1.82, 2.24) is 10.6 Å². The Morgan fingerprint density at radius 1 is 0.357 bits per heavy atom. The van der Waals surface area contributed by atoms with Gasteiger partial charge in [-0.05, 0) is 26.7 Å². The molecule has 1 aliphatic carbocycles. The lowest BCUT2D eigenvalue weighted by Crippen LogP contribution is -2.35. The summed E-state index contributed by atoms with van der Waals surface area (Å²) in [6.07, 6.45) is 34.5. The van der Waals surface area contributed by atoms with E-state index in [0.29, 0.717) is 22.5 Å². The first kappa shape index (κ1) is 38.4. The lowest BCUT2D eigenvalue weighted by atomic mass is 9.92. The number of hydrogen-bond donors (Lipinski definition) is 2. The number of allylic oxidation sites excluding steroid dienone is 2. The quantitative estimate of drug-likeness (QED) is 0.0649. The largest absolute Gasteiger partial charge is 0.382 e. The molecular weight excluding hydrogens is 516 g/mol. The van der Waals surface area contributed by atoms with Crippen molar-refractivity contribution in [3.63, 3.8) is 0 Å². The van der Waals surface area contributed by atoms with Crippen LogP contribution in [0.3, 0.4) is 0 Å². The van der Waals surface area contributed by atoms with E-state index in [9.17, 15) is 9.59 Å². The third kappa shape index (κ3) is 18.2. The van der Waals surface area contributed by atoms with Gasteiger partial charge in [-0.3, -0.25) is 9.59 Å². The lowest BCUT2D eigenvalue weighted by Gasteiger charge is -2.22. The van der Waals surface area contributed by atoms with E-state index in [0.717, 1.165) is 25.9 Å². The third-order valence-corrected chi connectivity index (χ3v) is 9.05. The van der Waals surface area contributed by atoms with Crippen LogP contribution in [-0.2, 0) is 9.59 Å². The van der Waals surface area contributed by atoms with E-state index in [1.165, 1.54) is 154 Å². The average molecular weight is 587 g/mol. The molecule has 0 saturated heterocycles. The molecule has 0 aromatic rings. The highest BCUT2D eigenvalue weighted by atomic mass is 16.1. The molecule has 0 amide bonds. The smallest absolute Gasteiger partial charge is 0.207 e. The van der Waals surface area contributed by atoms with Crippen LogP contribution in [0.15, 0.2) is 22.5 Å². The van der Waals surface area contributed by atoms with Crippen molar-refractivity contribution < 1.29 is 9.59 Å². The number of unbranched alkanes of at least 4 members (excludes halogenated alkanes) is 24. The van der Waals surface area contributed by atoms with Crippen molar-refractivity contribution in [2.24, 2.45) is 0 Å².